The first-order chi connectivity index (χ1) is 7.13. The lowest BCUT2D eigenvalue weighted by molar-refractivity contribution is -0.136. The van der Waals surface area contributed by atoms with Crippen molar-refractivity contribution in [3.05, 3.63) is 0 Å². The van der Waals surface area contributed by atoms with Gasteiger partial charge in [0.2, 0.25) is 5.91 Å². The molecule has 0 N–H and O–H groups in total. The molecule has 0 bridgehead atoms. The van der Waals surface area contributed by atoms with Crippen LogP contribution in [0.25, 0.3) is 0 Å². The average Bonchev–Trinajstić information content (AvgIpc) is 2.18. The van der Waals surface area contributed by atoms with Crippen LogP contribution in [0.15, 0.2) is 0 Å². The van der Waals surface area contributed by atoms with Gasteiger partial charge in [-0.3, -0.25) is 4.79 Å². The zero-order chi connectivity index (χ0) is 11.3. The molecule has 15 heavy (non-hydrogen) atoms. The van der Waals surface area contributed by atoms with Gasteiger partial charge in [0.1, 0.15) is 6.61 Å². The average molecular weight is 214 g/mol. The zero-order valence-electron chi connectivity index (χ0n) is 10.0. The Labute approximate surface area is 92.2 Å². The molecule has 0 atom stereocenters. The summed E-state index contributed by atoms with van der Waals surface area (Å²) in [5, 5.41) is 0. The van der Waals surface area contributed by atoms with E-state index in [9.17, 15) is 4.79 Å². The van der Waals surface area contributed by atoms with Crippen LogP contribution in [-0.2, 0) is 9.53 Å². The highest BCUT2D eigenvalue weighted by atomic mass is 16.5. The van der Waals surface area contributed by atoms with Gasteiger partial charge in [-0.1, -0.05) is 0 Å². The van der Waals surface area contributed by atoms with E-state index in [4.69, 9.17) is 4.74 Å². The number of hydrogen-bond acceptors (Lipinski definition) is 3. The Morgan fingerprint density at radius 2 is 2.00 bits per heavy atom. The van der Waals surface area contributed by atoms with E-state index in [-0.39, 0.29) is 12.5 Å². The van der Waals surface area contributed by atoms with Crippen LogP contribution >= 0.6 is 0 Å². The second-order valence-electron chi connectivity index (χ2n) is 4.52. The largest absolute Gasteiger partial charge is 0.375 e. The Kier molecular flexibility index (Phi) is 5.05. The van der Waals surface area contributed by atoms with Crippen molar-refractivity contribution in [3.63, 3.8) is 0 Å². The van der Waals surface area contributed by atoms with E-state index in [1.807, 2.05) is 4.90 Å². The van der Waals surface area contributed by atoms with Crippen molar-refractivity contribution < 1.29 is 9.53 Å². The number of nitrogens with zero attached hydrogens (tertiary/aromatic N) is 2. The Morgan fingerprint density at radius 1 is 1.40 bits per heavy atom. The fourth-order valence-corrected chi connectivity index (χ4v) is 2.10. The summed E-state index contributed by atoms with van der Waals surface area (Å²) in [6.07, 6.45) is 2.24. The maximum atomic E-state index is 11.5. The van der Waals surface area contributed by atoms with Crippen molar-refractivity contribution in [1.29, 1.82) is 0 Å². The Morgan fingerprint density at radius 3 is 2.47 bits per heavy atom. The Hall–Kier alpha value is -0.610. The smallest absolute Gasteiger partial charge is 0.248 e. The molecule has 0 aromatic rings. The van der Waals surface area contributed by atoms with E-state index in [1.54, 1.807) is 7.11 Å². The number of ether oxygens (including phenoxy) is 1. The van der Waals surface area contributed by atoms with Crippen molar-refractivity contribution in [2.24, 2.45) is 5.92 Å². The van der Waals surface area contributed by atoms with Crippen LogP contribution in [0.2, 0.25) is 0 Å². The maximum absolute atomic E-state index is 11.5. The predicted molar refractivity (Wildman–Crippen MR) is 59.7 cm³/mol. The van der Waals surface area contributed by atoms with E-state index in [0.717, 1.165) is 38.4 Å². The minimum absolute atomic E-state index is 0.126. The van der Waals surface area contributed by atoms with E-state index in [1.165, 1.54) is 0 Å². The van der Waals surface area contributed by atoms with Gasteiger partial charge in [0.15, 0.2) is 0 Å². The molecule has 0 spiro atoms. The first kappa shape index (κ1) is 12.5. The van der Waals surface area contributed by atoms with Crippen molar-refractivity contribution in [2.75, 3.05) is 47.4 Å². The van der Waals surface area contributed by atoms with Crippen LogP contribution in [0.4, 0.5) is 0 Å². The fraction of sp³-hybridized carbons (Fsp3) is 0.909. The molecule has 0 radical (unpaired) electrons. The summed E-state index contributed by atoms with van der Waals surface area (Å²) in [6, 6.07) is 0. The lowest BCUT2D eigenvalue weighted by atomic mass is 9.96. The van der Waals surface area contributed by atoms with Gasteiger partial charge in [-0.15, -0.1) is 0 Å². The lowest BCUT2D eigenvalue weighted by Gasteiger charge is -2.33. The molecule has 4 nitrogen and oxygen atoms in total. The summed E-state index contributed by atoms with van der Waals surface area (Å²) in [5.41, 5.74) is 0. The van der Waals surface area contributed by atoms with Crippen LogP contribution in [0, 0.1) is 5.92 Å². The van der Waals surface area contributed by atoms with Gasteiger partial charge in [-0.05, 0) is 32.9 Å². The number of carbonyl (C=O) groups is 1. The quantitative estimate of drug-likeness (QED) is 0.680. The molecule has 0 aromatic heterocycles. The SMILES string of the molecule is COCC(=O)N1CCC(CN(C)C)CC1. The molecule has 1 fully saturated rings. The Balaban J connectivity index is 2.26. The molecular weight excluding hydrogens is 192 g/mol. The molecule has 0 aromatic carbocycles. The number of amides is 1. The second-order valence-corrected chi connectivity index (χ2v) is 4.52. The normalized spacial score (nSPS) is 18.5. The topological polar surface area (TPSA) is 32.8 Å². The number of hydrogen-bond donors (Lipinski definition) is 0. The predicted octanol–water partition coefficient (Wildman–Crippen LogP) is 0.433. The number of methoxy groups -OCH3 is 1. The van der Waals surface area contributed by atoms with Gasteiger partial charge < -0.3 is 14.5 Å². The van der Waals surface area contributed by atoms with E-state index in [2.05, 4.69) is 19.0 Å². The molecule has 1 aliphatic heterocycles. The summed E-state index contributed by atoms with van der Waals surface area (Å²) >= 11 is 0. The monoisotopic (exact) mass is 214 g/mol. The Bertz CT molecular complexity index is 199. The van der Waals surface area contributed by atoms with E-state index < -0.39 is 0 Å². The van der Waals surface area contributed by atoms with Crippen molar-refractivity contribution in [1.82, 2.24) is 9.80 Å². The standard InChI is InChI=1S/C11H22N2O2/c1-12(2)8-10-4-6-13(7-5-10)11(14)9-15-3/h10H,4-9H2,1-3H3. The van der Waals surface area contributed by atoms with E-state index in [0.29, 0.717) is 0 Å². The molecule has 1 amide bonds. The molecule has 88 valence electrons. The minimum Gasteiger partial charge on any atom is -0.375 e. The van der Waals surface area contributed by atoms with Crippen molar-refractivity contribution in [2.45, 2.75) is 12.8 Å². The molecule has 1 aliphatic rings. The molecule has 1 heterocycles. The number of likely N-dealkylation sites (tertiary alicyclic amines) is 1. The van der Waals surface area contributed by atoms with Crippen LogP contribution in [0.1, 0.15) is 12.8 Å². The first-order valence-electron chi connectivity index (χ1n) is 5.55. The molecular formula is C11H22N2O2. The fourth-order valence-electron chi connectivity index (χ4n) is 2.10. The first-order valence-corrected chi connectivity index (χ1v) is 5.55. The molecule has 1 rings (SSSR count). The molecule has 4 heteroatoms. The third-order valence-corrected chi connectivity index (χ3v) is 2.86. The number of piperidine rings is 1. The van der Waals surface area contributed by atoms with Gasteiger partial charge >= 0.3 is 0 Å². The van der Waals surface area contributed by atoms with Gasteiger partial charge in [0.05, 0.1) is 0 Å². The van der Waals surface area contributed by atoms with Gasteiger partial charge in [0.25, 0.3) is 0 Å². The summed E-state index contributed by atoms with van der Waals surface area (Å²) in [5.74, 6) is 0.868. The summed E-state index contributed by atoms with van der Waals surface area (Å²) in [4.78, 5) is 15.6. The third-order valence-electron chi connectivity index (χ3n) is 2.86. The van der Waals surface area contributed by atoms with Crippen LogP contribution in [0.5, 0.6) is 0 Å². The van der Waals surface area contributed by atoms with Crippen molar-refractivity contribution in [3.8, 4) is 0 Å². The summed E-state index contributed by atoms with van der Waals surface area (Å²) in [7, 11) is 5.77. The maximum Gasteiger partial charge on any atom is 0.248 e. The lowest BCUT2D eigenvalue weighted by Crippen LogP contribution is -2.42. The summed E-state index contributed by atoms with van der Waals surface area (Å²) in [6.45, 7) is 3.13. The second kappa shape index (κ2) is 6.08. The number of rotatable bonds is 4. The molecule has 0 aliphatic carbocycles. The van der Waals surface area contributed by atoms with Gasteiger partial charge in [-0.2, -0.15) is 0 Å². The highest BCUT2D eigenvalue weighted by Crippen LogP contribution is 2.17. The highest BCUT2D eigenvalue weighted by Gasteiger charge is 2.22. The van der Waals surface area contributed by atoms with Crippen molar-refractivity contribution >= 4 is 5.91 Å². The molecule has 0 saturated carbocycles. The zero-order valence-corrected chi connectivity index (χ0v) is 10.0. The minimum atomic E-state index is 0.126. The van der Waals surface area contributed by atoms with E-state index >= 15 is 0 Å². The highest BCUT2D eigenvalue weighted by molar-refractivity contribution is 5.77. The van der Waals surface area contributed by atoms with Crippen LogP contribution in [0.3, 0.4) is 0 Å². The van der Waals surface area contributed by atoms with Gasteiger partial charge in [0, 0.05) is 26.7 Å². The van der Waals surface area contributed by atoms with Gasteiger partial charge in [-0.25, -0.2) is 0 Å². The number of carbonyl (C=O) groups excluding carboxylic acids is 1. The van der Waals surface area contributed by atoms with Crippen LogP contribution in [-0.4, -0.2) is 63.2 Å². The molecule has 0 unspecified atom stereocenters. The molecule has 1 saturated heterocycles. The summed E-state index contributed by atoms with van der Waals surface area (Å²) < 4.78 is 4.85. The third kappa shape index (κ3) is 4.18. The van der Waals surface area contributed by atoms with Crippen LogP contribution < -0.4 is 0 Å².